The molecule has 0 saturated carbocycles. The number of aromatic carboxylic acids is 1. The van der Waals surface area contributed by atoms with Gasteiger partial charge in [0.1, 0.15) is 0 Å². The van der Waals surface area contributed by atoms with E-state index in [2.05, 4.69) is 5.92 Å². The van der Waals surface area contributed by atoms with Gasteiger partial charge in [0.15, 0.2) is 0 Å². The number of hydrogen-bond acceptors (Lipinski definition) is 2. The molecular formula is C16H19NO3. The molecule has 0 aliphatic heterocycles. The Hall–Kier alpha value is -2.28. The summed E-state index contributed by atoms with van der Waals surface area (Å²) in [6, 6.07) is 3.47. The summed E-state index contributed by atoms with van der Waals surface area (Å²) in [5.74, 6) is 1.04. The number of rotatable bonds is 5. The van der Waals surface area contributed by atoms with Crippen molar-refractivity contribution in [2.45, 2.75) is 27.2 Å². The summed E-state index contributed by atoms with van der Waals surface area (Å²) in [5, 5.41) is 9.35. The molecule has 0 bridgehead atoms. The number of carbonyl (C=O) groups excluding carboxylic acids is 1. The van der Waals surface area contributed by atoms with Gasteiger partial charge in [-0.1, -0.05) is 25.0 Å². The number of benzene rings is 1. The van der Waals surface area contributed by atoms with Gasteiger partial charge in [-0.25, -0.2) is 4.79 Å². The molecule has 0 fully saturated rings. The number of amides is 1. The normalized spacial score (nSPS) is 9.90. The summed E-state index contributed by atoms with van der Waals surface area (Å²) in [6.45, 7) is 6.05. The average Bonchev–Trinajstić information content (AvgIpc) is 2.39. The highest BCUT2D eigenvalue weighted by atomic mass is 16.4. The third kappa shape index (κ3) is 3.18. The smallest absolute Gasteiger partial charge is 0.336 e. The van der Waals surface area contributed by atoms with E-state index >= 15 is 0 Å². The van der Waals surface area contributed by atoms with Gasteiger partial charge in [0, 0.05) is 6.54 Å². The molecule has 1 aromatic rings. The molecule has 0 heterocycles. The van der Waals surface area contributed by atoms with Gasteiger partial charge in [-0.3, -0.25) is 4.79 Å². The minimum absolute atomic E-state index is 0.0631. The zero-order chi connectivity index (χ0) is 15.3. The molecule has 0 saturated heterocycles. The molecule has 0 aliphatic carbocycles. The second kappa shape index (κ2) is 6.76. The van der Waals surface area contributed by atoms with E-state index in [-0.39, 0.29) is 23.6 Å². The van der Waals surface area contributed by atoms with Gasteiger partial charge < -0.3 is 10.0 Å². The van der Waals surface area contributed by atoms with Gasteiger partial charge in [-0.05, 0) is 31.4 Å². The highest BCUT2D eigenvalue weighted by Crippen LogP contribution is 2.21. The van der Waals surface area contributed by atoms with Crippen LogP contribution in [-0.2, 0) is 0 Å². The Bertz CT molecular complexity index is 570. The van der Waals surface area contributed by atoms with Crippen molar-refractivity contribution in [1.82, 2.24) is 4.90 Å². The second-order valence-corrected chi connectivity index (χ2v) is 4.69. The Morgan fingerprint density at radius 3 is 2.25 bits per heavy atom. The SMILES string of the molecule is C#CCN(CCC)C(=O)c1c(C)ccc(C)c1C(=O)O. The predicted molar refractivity (Wildman–Crippen MR) is 77.9 cm³/mol. The topological polar surface area (TPSA) is 57.6 Å². The first-order valence-corrected chi connectivity index (χ1v) is 6.50. The Morgan fingerprint density at radius 1 is 1.25 bits per heavy atom. The lowest BCUT2D eigenvalue weighted by Gasteiger charge is -2.22. The second-order valence-electron chi connectivity index (χ2n) is 4.69. The van der Waals surface area contributed by atoms with Crippen LogP contribution in [0.5, 0.6) is 0 Å². The molecular weight excluding hydrogens is 254 g/mol. The van der Waals surface area contributed by atoms with Gasteiger partial charge in [0.25, 0.3) is 5.91 Å². The summed E-state index contributed by atoms with van der Waals surface area (Å²) in [7, 11) is 0. The molecule has 1 aromatic carbocycles. The minimum atomic E-state index is -1.09. The molecule has 4 heteroatoms. The summed E-state index contributed by atoms with van der Waals surface area (Å²) in [4.78, 5) is 25.5. The number of carboxylic acid groups (broad SMARTS) is 1. The minimum Gasteiger partial charge on any atom is -0.478 e. The Morgan fingerprint density at radius 2 is 1.80 bits per heavy atom. The summed E-state index contributed by atoms with van der Waals surface area (Å²) in [5.41, 5.74) is 1.52. The van der Waals surface area contributed by atoms with Crippen LogP contribution in [0.2, 0.25) is 0 Å². The van der Waals surface area contributed by atoms with E-state index in [1.165, 1.54) is 4.90 Å². The molecule has 0 aliphatic rings. The molecule has 0 radical (unpaired) electrons. The Kier molecular flexibility index (Phi) is 5.33. The van der Waals surface area contributed by atoms with E-state index in [1.807, 2.05) is 6.92 Å². The van der Waals surface area contributed by atoms with E-state index in [0.29, 0.717) is 17.7 Å². The maximum absolute atomic E-state index is 12.6. The van der Waals surface area contributed by atoms with Gasteiger partial charge in [0.2, 0.25) is 0 Å². The molecule has 20 heavy (non-hydrogen) atoms. The first-order valence-electron chi connectivity index (χ1n) is 6.50. The van der Waals surface area contributed by atoms with E-state index in [0.717, 1.165) is 6.42 Å². The number of aryl methyl sites for hydroxylation is 2. The highest BCUT2D eigenvalue weighted by Gasteiger charge is 2.24. The van der Waals surface area contributed by atoms with Crippen LogP contribution in [-0.4, -0.2) is 35.0 Å². The lowest BCUT2D eigenvalue weighted by Crippen LogP contribution is -2.34. The fourth-order valence-electron chi connectivity index (χ4n) is 2.15. The van der Waals surface area contributed by atoms with Crippen molar-refractivity contribution in [3.63, 3.8) is 0 Å². The fraction of sp³-hybridized carbons (Fsp3) is 0.375. The van der Waals surface area contributed by atoms with Gasteiger partial charge in [-0.15, -0.1) is 6.42 Å². The van der Waals surface area contributed by atoms with E-state index in [4.69, 9.17) is 6.42 Å². The zero-order valence-electron chi connectivity index (χ0n) is 12.1. The predicted octanol–water partition coefficient (Wildman–Crippen LogP) is 2.49. The molecule has 1 N–H and O–H groups in total. The number of nitrogens with zero attached hydrogens (tertiary/aromatic N) is 1. The number of hydrogen-bond donors (Lipinski definition) is 1. The van der Waals surface area contributed by atoms with Crippen LogP contribution in [0.25, 0.3) is 0 Å². The summed E-state index contributed by atoms with van der Waals surface area (Å²) in [6.07, 6.45) is 6.05. The molecule has 0 aromatic heterocycles. The Labute approximate surface area is 119 Å². The van der Waals surface area contributed by atoms with Crippen LogP contribution < -0.4 is 0 Å². The van der Waals surface area contributed by atoms with Gasteiger partial charge in [0.05, 0.1) is 17.7 Å². The number of carbonyl (C=O) groups is 2. The van der Waals surface area contributed by atoms with Crippen molar-refractivity contribution in [2.75, 3.05) is 13.1 Å². The van der Waals surface area contributed by atoms with Crippen molar-refractivity contribution < 1.29 is 14.7 Å². The lowest BCUT2D eigenvalue weighted by atomic mass is 9.96. The van der Waals surface area contributed by atoms with Gasteiger partial charge >= 0.3 is 5.97 Å². The van der Waals surface area contributed by atoms with Crippen LogP contribution in [0.4, 0.5) is 0 Å². The first-order chi connectivity index (χ1) is 9.43. The summed E-state index contributed by atoms with van der Waals surface area (Å²) >= 11 is 0. The van der Waals surface area contributed by atoms with E-state index in [9.17, 15) is 14.7 Å². The van der Waals surface area contributed by atoms with Crippen molar-refractivity contribution in [3.8, 4) is 12.3 Å². The number of carboxylic acids is 1. The molecule has 4 nitrogen and oxygen atoms in total. The maximum atomic E-state index is 12.6. The molecule has 1 amide bonds. The third-order valence-corrected chi connectivity index (χ3v) is 3.11. The lowest BCUT2D eigenvalue weighted by molar-refractivity contribution is 0.0677. The average molecular weight is 273 g/mol. The number of terminal acetylenes is 1. The van der Waals surface area contributed by atoms with Crippen LogP contribution in [0.1, 0.15) is 45.2 Å². The van der Waals surface area contributed by atoms with Crippen molar-refractivity contribution >= 4 is 11.9 Å². The summed E-state index contributed by atoms with van der Waals surface area (Å²) < 4.78 is 0. The quantitative estimate of drug-likeness (QED) is 0.838. The highest BCUT2D eigenvalue weighted by molar-refractivity contribution is 6.06. The monoisotopic (exact) mass is 273 g/mol. The van der Waals surface area contributed by atoms with E-state index in [1.54, 1.807) is 26.0 Å². The largest absolute Gasteiger partial charge is 0.478 e. The van der Waals surface area contributed by atoms with E-state index < -0.39 is 5.97 Å². The maximum Gasteiger partial charge on any atom is 0.336 e. The van der Waals surface area contributed by atoms with Crippen LogP contribution in [0.15, 0.2) is 12.1 Å². The zero-order valence-corrected chi connectivity index (χ0v) is 12.1. The van der Waals surface area contributed by atoms with Gasteiger partial charge in [-0.2, -0.15) is 0 Å². The van der Waals surface area contributed by atoms with Crippen LogP contribution in [0, 0.1) is 26.2 Å². The van der Waals surface area contributed by atoms with Crippen molar-refractivity contribution in [1.29, 1.82) is 0 Å². The van der Waals surface area contributed by atoms with Crippen LogP contribution >= 0.6 is 0 Å². The van der Waals surface area contributed by atoms with Crippen molar-refractivity contribution in [3.05, 3.63) is 34.4 Å². The van der Waals surface area contributed by atoms with Crippen LogP contribution in [0.3, 0.4) is 0 Å². The standard InChI is InChI=1S/C16H19NO3/c1-5-9-17(10-6-2)15(18)13-11(3)7-8-12(4)14(13)16(19)20/h1,7-8H,6,9-10H2,2-4H3,(H,19,20). The van der Waals surface area contributed by atoms with Crippen molar-refractivity contribution in [2.24, 2.45) is 0 Å². The molecule has 0 unspecified atom stereocenters. The fourth-order valence-corrected chi connectivity index (χ4v) is 2.15. The third-order valence-electron chi connectivity index (χ3n) is 3.11. The molecule has 0 atom stereocenters. The molecule has 106 valence electrons. The first kappa shape index (κ1) is 15.8. The molecule has 0 spiro atoms. The molecule has 1 rings (SSSR count). The Balaban J connectivity index is 3.37.